The molecule has 0 radical (unpaired) electrons. The van der Waals surface area contributed by atoms with Gasteiger partial charge in [0.15, 0.2) is 46.0 Å². The molecule has 0 spiro atoms. The summed E-state index contributed by atoms with van der Waals surface area (Å²) < 4.78 is 60.4. The number of carbonyl (C=O) groups is 1. The monoisotopic (exact) mass is 812 g/mol. The zero-order valence-corrected chi connectivity index (χ0v) is 33.1. The van der Waals surface area contributed by atoms with Crippen molar-refractivity contribution in [3.63, 3.8) is 0 Å². The Labute approximate surface area is 339 Å². The van der Waals surface area contributed by atoms with Gasteiger partial charge in [0.05, 0.1) is 60.4 Å². The van der Waals surface area contributed by atoms with E-state index in [1.54, 1.807) is 33.5 Å². The van der Waals surface area contributed by atoms with Gasteiger partial charge in [-0.05, 0) is 71.5 Å². The number of phenols is 3. The van der Waals surface area contributed by atoms with Gasteiger partial charge in [-0.25, -0.2) is 0 Å². The minimum absolute atomic E-state index is 0.0150. The van der Waals surface area contributed by atoms with Crippen molar-refractivity contribution in [1.29, 1.82) is 0 Å². The topological polar surface area (TPSA) is 179 Å². The Balaban J connectivity index is 0.000000152. The molecule has 6 atom stereocenters. The second-order valence-corrected chi connectivity index (χ2v) is 15.1. The third-order valence-corrected chi connectivity index (χ3v) is 12.4. The molecule has 2 fully saturated rings. The molecule has 310 valence electrons. The molecule has 4 heterocycles. The second kappa shape index (κ2) is 14.7. The fraction of sp³-hybridized carbons (Fsp3) is 0.386. The van der Waals surface area contributed by atoms with E-state index < -0.39 is 0 Å². The van der Waals surface area contributed by atoms with E-state index in [4.69, 9.17) is 52.1 Å². The van der Waals surface area contributed by atoms with Gasteiger partial charge in [0.1, 0.15) is 0 Å². The van der Waals surface area contributed by atoms with Gasteiger partial charge >= 0.3 is 5.97 Å². The van der Waals surface area contributed by atoms with Crippen LogP contribution < -0.4 is 42.6 Å². The van der Waals surface area contributed by atoms with Crippen molar-refractivity contribution in [2.75, 3.05) is 62.3 Å². The van der Waals surface area contributed by atoms with Crippen molar-refractivity contribution in [3.05, 3.63) is 82.1 Å². The van der Waals surface area contributed by atoms with Crippen LogP contribution in [0.5, 0.6) is 69.0 Å². The highest BCUT2D eigenvalue weighted by molar-refractivity contribution is 5.79. The average molecular weight is 813 g/mol. The molecule has 0 bridgehead atoms. The largest absolute Gasteiger partial charge is 0.504 e. The first-order chi connectivity index (χ1) is 28.6. The number of allylic oxidation sites excluding steroid dienone is 1. The number of methoxy groups -OCH3 is 5. The molecule has 15 heteroatoms. The Hall–Kier alpha value is -6.51. The maximum absolute atomic E-state index is 12.7. The van der Waals surface area contributed by atoms with Gasteiger partial charge in [-0.1, -0.05) is 6.58 Å². The summed E-state index contributed by atoms with van der Waals surface area (Å²) in [6, 6.07) is 11.0. The van der Waals surface area contributed by atoms with Crippen molar-refractivity contribution in [3.8, 4) is 69.0 Å². The zero-order chi connectivity index (χ0) is 41.3. The lowest BCUT2D eigenvalue weighted by Crippen LogP contribution is -2.31. The van der Waals surface area contributed by atoms with E-state index in [0.717, 1.165) is 33.4 Å². The number of ether oxygens (including phenoxy) is 11. The first kappa shape index (κ1) is 38.0. The Morgan fingerprint density at radius 2 is 1.02 bits per heavy atom. The van der Waals surface area contributed by atoms with E-state index >= 15 is 0 Å². The summed E-state index contributed by atoms with van der Waals surface area (Å²) in [7, 11) is 7.63. The standard InChI is InChI=1S/C22H22O8.C22H22O7/c1-25-14-5-10(6-15(26-2)20(14)27-3)17-12-7-16-21(30-9-29-16)19(23)13(12)4-11-8-28-22(24)18(11)17;1-10-18-12(8-27-10)4-14-13(7-17-22(20(14)23)29-9-28-17)19(18)11-5-15(25-2)21(24)16(6-11)26-3/h5-7,11,17-18,23H,4,8-9H2,1-3H3;5-7,12,18-19,23-24H,1,4,8-9H2,2-3H3/t11-,17+,18-;12-,18-,19+/m00/s1. The Morgan fingerprint density at radius 1 is 0.559 bits per heavy atom. The first-order valence-electron chi connectivity index (χ1n) is 19.1. The lowest BCUT2D eigenvalue weighted by Gasteiger charge is -2.35. The van der Waals surface area contributed by atoms with Gasteiger partial charge in [-0.3, -0.25) is 4.79 Å². The highest BCUT2D eigenvalue weighted by Crippen LogP contribution is 2.58. The number of hydrogen-bond donors (Lipinski definition) is 3. The summed E-state index contributed by atoms with van der Waals surface area (Å²) in [5.41, 5.74) is 4.98. The molecule has 10 rings (SSSR count). The number of carbonyl (C=O) groups excluding carboxylic acids is 1. The third-order valence-electron chi connectivity index (χ3n) is 12.4. The molecule has 0 unspecified atom stereocenters. The highest BCUT2D eigenvalue weighted by atomic mass is 16.7. The summed E-state index contributed by atoms with van der Waals surface area (Å²) in [5, 5.41) is 32.1. The average Bonchev–Trinajstić information content (AvgIpc) is 4.08. The van der Waals surface area contributed by atoms with Crippen LogP contribution in [0.15, 0.2) is 48.7 Å². The van der Waals surface area contributed by atoms with E-state index in [-0.39, 0.29) is 72.3 Å². The number of cyclic esters (lactones) is 1. The summed E-state index contributed by atoms with van der Waals surface area (Å²) >= 11 is 0. The molecule has 4 aromatic carbocycles. The lowest BCUT2D eigenvalue weighted by atomic mass is 9.66. The van der Waals surface area contributed by atoms with Gasteiger partial charge in [0.2, 0.25) is 36.6 Å². The van der Waals surface area contributed by atoms with Gasteiger partial charge in [0.25, 0.3) is 0 Å². The SMILES string of the molecule is C=C1OC[C@@H]2Cc3c(cc4c(c3O)OCO4)[C@@H](c3cc(OC)c(O)c(OC)c3)[C@@H]12.COc1cc([C@@H]2c3cc4c(c(O)c3C[C@H]3COC(=O)[C@@H]32)OCO4)cc(OC)c1OC. The molecule has 15 nitrogen and oxygen atoms in total. The van der Waals surface area contributed by atoms with Crippen LogP contribution in [0.1, 0.15) is 45.2 Å². The van der Waals surface area contributed by atoms with Crippen molar-refractivity contribution < 1.29 is 72.2 Å². The Morgan fingerprint density at radius 3 is 1.51 bits per heavy atom. The van der Waals surface area contributed by atoms with E-state index in [1.807, 2.05) is 24.3 Å². The molecular weight excluding hydrogens is 768 g/mol. The first-order valence-corrected chi connectivity index (χ1v) is 19.1. The number of esters is 1. The predicted octanol–water partition coefficient (Wildman–Crippen LogP) is 5.93. The number of phenolic OH excluding ortho intramolecular Hbond substituents is 3. The minimum atomic E-state index is -0.389. The lowest BCUT2D eigenvalue weighted by molar-refractivity contribution is -0.141. The van der Waals surface area contributed by atoms with Gasteiger partial charge in [-0.15, -0.1) is 0 Å². The fourth-order valence-corrected chi connectivity index (χ4v) is 9.71. The summed E-state index contributed by atoms with van der Waals surface area (Å²) in [5.74, 6) is 3.60. The summed E-state index contributed by atoms with van der Waals surface area (Å²) in [4.78, 5) is 12.7. The molecular formula is C44H44O15. The Kier molecular flexibility index (Phi) is 9.48. The quantitative estimate of drug-likeness (QED) is 0.187. The fourth-order valence-electron chi connectivity index (χ4n) is 9.71. The molecule has 2 aliphatic carbocycles. The number of benzene rings is 4. The van der Waals surface area contributed by atoms with Crippen molar-refractivity contribution in [1.82, 2.24) is 0 Å². The molecule has 4 aliphatic heterocycles. The number of fused-ring (bicyclic) bond motifs is 6. The molecule has 0 aromatic heterocycles. The number of rotatable bonds is 7. The third kappa shape index (κ3) is 5.96. The molecule has 2 saturated heterocycles. The highest BCUT2D eigenvalue weighted by Gasteiger charge is 2.50. The van der Waals surface area contributed by atoms with E-state index in [2.05, 4.69) is 6.58 Å². The van der Waals surface area contributed by atoms with Crippen LogP contribution in [0.3, 0.4) is 0 Å². The summed E-state index contributed by atoms with van der Waals surface area (Å²) in [6.07, 6.45) is 1.18. The molecule has 0 saturated carbocycles. The van der Waals surface area contributed by atoms with Gasteiger partial charge in [0, 0.05) is 40.7 Å². The van der Waals surface area contributed by atoms with Crippen LogP contribution >= 0.6 is 0 Å². The summed E-state index contributed by atoms with van der Waals surface area (Å²) in [6.45, 7) is 5.13. The van der Waals surface area contributed by atoms with Crippen LogP contribution in [0.4, 0.5) is 0 Å². The molecule has 4 aromatic rings. The van der Waals surface area contributed by atoms with Gasteiger partial charge < -0.3 is 67.4 Å². The molecule has 6 aliphatic rings. The number of aromatic hydroxyl groups is 3. The van der Waals surface area contributed by atoms with Gasteiger partial charge in [-0.2, -0.15) is 0 Å². The zero-order valence-electron chi connectivity index (χ0n) is 33.1. The van der Waals surface area contributed by atoms with E-state index in [0.29, 0.717) is 83.6 Å². The maximum atomic E-state index is 12.7. The van der Waals surface area contributed by atoms with Crippen LogP contribution in [-0.2, 0) is 27.1 Å². The normalized spacial score (nSPS) is 23.7. The van der Waals surface area contributed by atoms with Crippen LogP contribution in [-0.4, -0.2) is 83.6 Å². The molecule has 0 amide bonds. The molecule has 59 heavy (non-hydrogen) atoms. The van der Waals surface area contributed by atoms with Crippen molar-refractivity contribution in [2.24, 2.45) is 23.7 Å². The van der Waals surface area contributed by atoms with Crippen LogP contribution in [0.2, 0.25) is 0 Å². The Bertz CT molecular complexity index is 2320. The molecule has 3 N–H and O–H groups in total. The predicted molar refractivity (Wildman–Crippen MR) is 207 cm³/mol. The second-order valence-electron chi connectivity index (χ2n) is 15.1. The minimum Gasteiger partial charge on any atom is -0.504 e. The van der Waals surface area contributed by atoms with E-state index in [9.17, 15) is 20.1 Å². The maximum Gasteiger partial charge on any atom is 0.310 e. The van der Waals surface area contributed by atoms with Crippen LogP contribution in [0, 0.1) is 23.7 Å². The smallest absolute Gasteiger partial charge is 0.310 e. The number of hydrogen-bond acceptors (Lipinski definition) is 15. The van der Waals surface area contributed by atoms with Crippen molar-refractivity contribution >= 4 is 5.97 Å². The van der Waals surface area contributed by atoms with Crippen molar-refractivity contribution in [2.45, 2.75) is 24.7 Å². The van der Waals surface area contributed by atoms with E-state index in [1.165, 1.54) is 14.2 Å². The van der Waals surface area contributed by atoms with Crippen LogP contribution in [0.25, 0.3) is 0 Å².